The number of oxime groups is 1. The summed E-state index contributed by atoms with van der Waals surface area (Å²) in [4.78, 5) is 34.5. The maximum absolute atomic E-state index is 14.7. The third-order valence-electron chi connectivity index (χ3n) is 12.9. The Kier molecular flexibility index (Phi) is 16.1. The van der Waals surface area contributed by atoms with E-state index < -0.39 is 11.8 Å². The van der Waals surface area contributed by atoms with Crippen LogP contribution in [0, 0.1) is 23.7 Å². The van der Waals surface area contributed by atoms with Gasteiger partial charge >= 0.3 is 0 Å². The summed E-state index contributed by atoms with van der Waals surface area (Å²) < 4.78 is 26.3. The molecular weight excluding hydrogens is 749 g/mol. The highest BCUT2D eigenvalue weighted by Crippen LogP contribution is 2.62. The number of aliphatic hydroxyl groups is 2. The third kappa shape index (κ3) is 9.90. The summed E-state index contributed by atoms with van der Waals surface area (Å²) in [6.45, 7) is 9.46. The number of carbonyl (C=O) groups is 2. The SMILES string of the molecule is C=CCOC12Oc3ccc(Oc4ccc(OC)c(C=O)c4)cc3C3C(CCCCO)C(CCCCO)C=C(C(=NOCC)CC1N(CCC)C(=O)CCC1CCCC1)C32. The second-order valence-corrected chi connectivity index (χ2v) is 16.6. The number of amides is 1. The molecule has 1 amide bonds. The Morgan fingerprint density at radius 1 is 1.02 bits per heavy atom. The highest BCUT2D eigenvalue weighted by atomic mass is 16.7. The first-order chi connectivity index (χ1) is 28.9. The van der Waals surface area contributed by atoms with Gasteiger partial charge in [0.2, 0.25) is 11.7 Å². The minimum Gasteiger partial charge on any atom is -0.496 e. The number of unbranched alkanes of at least 4 members (excludes halogenated alkanes) is 2. The Bertz CT molecular complexity index is 1790. The van der Waals surface area contributed by atoms with Crippen molar-refractivity contribution >= 4 is 17.9 Å². The van der Waals surface area contributed by atoms with E-state index in [4.69, 9.17) is 28.9 Å². The van der Waals surface area contributed by atoms with Crippen molar-refractivity contribution in [1.82, 2.24) is 4.90 Å². The minimum absolute atomic E-state index is 0.0889. The van der Waals surface area contributed by atoms with Crippen LogP contribution in [0.1, 0.15) is 126 Å². The van der Waals surface area contributed by atoms with Crippen LogP contribution >= 0.6 is 0 Å². The Morgan fingerprint density at radius 2 is 1.76 bits per heavy atom. The lowest BCUT2D eigenvalue weighted by Crippen LogP contribution is -2.70. The number of methoxy groups -OCH3 is 1. The van der Waals surface area contributed by atoms with Gasteiger partial charge < -0.3 is 38.9 Å². The van der Waals surface area contributed by atoms with Crippen molar-refractivity contribution in [3.8, 4) is 23.0 Å². The Morgan fingerprint density at radius 3 is 2.46 bits per heavy atom. The zero-order valence-corrected chi connectivity index (χ0v) is 35.4. The quantitative estimate of drug-likeness (QED) is 0.0487. The average molecular weight is 815 g/mol. The molecule has 11 heteroatoms. The first kappa shape index (κ1) is 44.4. The van der Waals surface area contributed by atoms with Crippen LogP contribution in [0.25, 0.3) is 0 Å². The fourth-order valence-corrected chi connectivity index (χ4v) is 10.3. The van der Waals surface area contributed by atoms with E-state index in [9.17, 15) is 19.8 Å². The molecule has 1 aliphatic heterocycles. The number of benzene rings is 2. The van der Waals surface area contributed by atoms with E-state index in [0.717, 1.165) is 61.7 Å². The zero-order chi connectivity index (χ0) is 41.8. The standard InChI is InChI=1S/C48H66N2O9/c1-5-24-50(45(54)23-18-33-14-8-9-15-33)44-31-41(49-57-7-3)39-29-34(16-10-12-25-51)38(17-11-13-26-52)46-40-30-37(58-36-19-21-42(55-4)35(28-36)32-53)20-22-43(40)59-48(44,47(39)46)56-27-6-2/h6,19-22,28-30,32-34,38,44,46-47,51-52H,2,5,7-18,23-27,31H2,1,3-4H3. The van der Waals surface area contributed by atoms with Crippen LogP contribution in [0.2, 0.25) is 0 Å². The van der Waals surface area contributed by atoms with E-state index in [-0.39, 0.29) is 49.4 Å². The number of hydrogen-bond donors (Lipinski definition) is 2. The second-order valence-electron chi connectivity index (χ2n) is 16.6. The van der Waals surface area contributed by atoms with Crippen molar-refractivity contribution in [2.75, 3.05) is 40.1 Å². The van der Waals surface area contributed by atoms with Crippen molar-refractivity contribution < 1.29 is 43.6 Å². The summed E-state index contributed by atoms with van der Waals surface area (Å²) in [7, 11) is 1.53. The van der Waals surface area contributed by atoms with Gasteiger partial charge in [0, 0.05) is 44.1 Å². The summed E-state index contributed by atoms with van der Waals surface area (Å²) in [5.41, 5.74) is 3.16. The fourth-order valence-electron chi connectivity index (χ4n) is 10.3. The number of allylic oxidation sites excluding steroid dienone is 1. The number of fused-ring (bicyclic) bond motifs is 2. The van der Waals surface area contributed by atoms with Gasteiger partial charge in [0.05, 0.1) is 30.9 Å². The lowest BCUT2D eigenvalue weighted by atomic mass is 9.55. The highest BCUT2D eigenvalue weighted by molar-refractivity contribution is 6.03. The van der Waals surface area contributed by atoms with Gasteiger partial charge in [-0.1, -0.05) is 62.8 Å². The van der Waals surface area contributed by atoms with Gasteiger partial charge in [-0.05, 0) is 105 Å². The van der Waals surface area contributed by atoms with E-state index >= 15 is 0 Å². The van der Waals surface area contributed by atoms with E-state index in [1.54, 1.807) is 24.3 Å². The van der Waals surface area contributed by atoms with Gasteiger partial charge in [-0.25, -0.2) is 0 Å². The van der Waals surface area contributed by atoms with Gasteiger partial charge in [-0.2, -0.15) is 0 Å². The first-order valence-electron chi connectivity index (χ1n) is 22.2. The molecule has 0 saturated heterocycles. The monoisotopic (exact) mass is 814 g/mol. The number of ether oxygens (including phenoxy) is 4. The molecule has 2 aromatic rings. The molecule has 2 aromatic carbocycles. The van der Waals surface area contributed by atoms with Crippen molar-refractivity contribution in [1.29, 1.82) is 0 Å². The predicted molar refractivity (Wildman–Crippen MR) is 228 cm³/mol. The van der Waals surface area contributed by atoms with Gasteiger partial charge in [-0.3, -0.25) is 9.59 Å². The Hall–Kier alpha value is -4.19. The molecule has 2 N–H and O–H groups in total. The van der Waals surface area contributed by atoms with Crippen molar-refractivity contribution in [3.05, 3.63) is 71.8 Å². The Labute approximate surface area is 350 Å². The van der Waals surface area contributed by atoms with E-state index in [1.807, 2.05) is 24.0 Å². The lowest BCUT2D eigenvalue weighted by molar-refractivity contribution is -0.257. The largest absolute Gasteiger partial charge is 0.496 e. The van der Waals surface area contributed by atoms with Crippen LogP contribution < -0.4 is 14.2 Å². The number of carbonyl (C=O) groups excluding carboxylic acids is 2. The topological polar surface area (TPSA) is 136 Å². The molecule has 6 rings (SSSR count). The van der Waals surface area contributed by atoms with E-state index in [1.165, 1.54) is 32.8 Å². The first-order valence-corrected chi connectivity index (χ1v) is 22.2. The molecule has 0 bridgehead atoms. The zero-order valence-electron chi connectivity index (χ0n) is 35.4. The molecule has 2 saturated carbocycles. The maximum Gasteiger partial charge on any atom is 0.239 e. The number of hydrogen-bond acceptors (Lipinski definition) is 10. The Balaban J connectivity index is 1.54. The number of nitrogens with zero attached hydrogens (tertiary/aromatic N) is 2. The average Bonchev–Trinajstić information content (AvgIpc) is 3.78. The molecule has 2 fully saturated rings. The number of rotatable bonds is 23. The van der Waals surface area contributed by atoms with E-state index in [2.05, 4.69) is 25.6 Å². The van der Waals surface area contributed by atoms with Crippen LogP contribution in [0.15, 0.2) is 65.9 Å². The van der Waals surface area contributed by atoms with Crippen LogP contribution in [-0.4, -0.2) is 84.9 Å². The predicted octanol–water partition coefficient (Wildman–Crippen LogP) is 9.16. The van der Waals surface area contributed by atoms with E-state index in [0.29, 0.717) is 73.3 Å². The molecule has 6 atom stereocenters. The van der Waals surface area contributed by atoms with Crippen LogP contribution in [0.4, 0.5) is 0 Å². The second kappa shape index (κ2) is 21.4. The molecule has 59 heavy (non-hydrogen) atoms. The van der Waals surface area contributed by atoms with Gasteiger partial charge in [0.15, 0.2) is 6.29 Å². The maximum atomic E-state index is 14.7. The molecular formula is C48H66N2O9. The molecule has 1 heterocycles. The van der Waals surface area contributed by atoms with Crippen molar-refractivity contribution in [3.63, 3.8) is 0 Å². The van der Waals surface area contributed by atoms with Gasteiger partial charge in [-0.15, -0.1) is 6.58 Å². The normalized spacial score (nSPS) is 25.3. The lowest BCUT2D eigenvalue weighted by Gasteiger charge is -2.60. The number of aliphatic hydroxyl groups excluding tert-OH is 2. The van der Waals surface area contributed by atoms with Crippen molar-refractivity contribution in [2.24, 2.45) is 28.8 Å². The van der Waals surface area contributed by atoms with Crippen LogP contribution in [0.5, 0.6) is 23.0 Å². The van der Waals surface area contributed by atoms with Gasteiger partial charge in [0.25, 0.3) is 0 Å². The van der Waals surface area contributed by atoms with Gasteiger partial charge in [0.1, 0.15) is 35.6 Å². The van der Waals surface area contributed by atoms with Crippen LogP contribution in [-0.2, 0) is 14.4 Å². The molecule has 0 aromatic heterocycles. The summed E-state index contributed by atoms with van der Waals surface area (Å²) >= 11 is 0. The molecule has 0 radical (unpaired) electrons. The summed E-state index contributed by atoms with van der Waals surface area (Å²) in [5, 5.41) is 24.6. The smallest absolute Gasteiger partial charge is 0.239 e. The highest BCUT2D eigenvalue weighted by Gasteiger charge is 2.65. The molecule has 11 nitrogen and oxygen atoms in total. The molecule has 6 unspecified atom stereocenters. The summed E-state index contributed by atoms with van der Waals surface area (Å²) in [6, 6.07) is 10.5. The molecule has 322 valence electrons. The third-order valence-corrected chi connectivity index (χ3v) is 12.9. The van der Waals surface area contributed by atoms with Crippen molar-refractivity contribution in [2.45, 2.75) is 121 Å². The summed E-state index contributed by atoms with van der Waals surface area (Å²) in [5.74, 6) is 1.25. The summed E-state index contributed by atoms with van der Waals surface area (Å²) in [6.07, 6.45) is 16.9. The molecule has 4 aliphatic rings. The van der Waals surface area contributed by atoms with Crippen LogP contribution in [0.3, 0.4) is 0 Å². The molecule has 3 aliphatic carbocycles. The molecule has 0 spiro atoms. The minimum atomic E-state index is -1.29. The fraction of sp³-hybridized carbons (Fsp3) is 0.604. The number of aldehydes is 1.